The van der Waals surface area contributed by atoms with Gasteiger partial charge in [0.1, 0.15) is 0 Å². The van der Waals surface area contributed by atoms with Crippen molar-refractivity contribution in [2.45, 2.75) is 7.43 Å². The molecule has 0 bridgehead atoms. The summed E-state index contributed by atoms with van der Waals surface area (Å²) in [4.78, 5) is 0. The Kier molecular flexibility index (Phi) is 5.21. The molecule has 0 unspecified atom stereocenters. The van der Waals surface area contributed by atoms with Crippen LogP contribution in [0.25, 0.3) is 0 Å². The summed E-state index contributed by atoms with van der Waals surface area (Å²) in [5, 5.41) is 3.17. The first-order chi connectivity index (χ1) is 4.93. The van der Waals surface area contributed by atoms with E-state index in [1.165, 1.54) is 0 Å². The van der Waals surface area contributed by atoms with E-state index in [0.717, 1.165) is 12.2 Å². The molecule has 0 spiro atoms. The predicted octanol–water partition coefficient (Wildman–Crippen LogP) is 1.69. The van der Waals surface area contributed by atoms with Crippen molar-refractivity contribution in [1.29, 1.82) is 0 Å². The quantitative estimate of drug-likeness (QED) is 0.691. The maximum absolute atomic E-state index is 5.31. The Hall–Kier alpha value is -1.02. The lowest BCUT2D eigenvalue weighted by atomic mass is 10.3. The zero-order valence-electron chi connectivity index (χ0n) is 5.88. The lowest BCUT2D eigenvalue weighted by Gasteiger charge is -2.01. The highest BCUT2D eigenvalue weighted by molar-refractivity contribution is 5.42. The third kappa shape index (κ3) is 3.63. The Labute approximate surface area is 68.4 Å². The maximum Gasteiger partial charge on any atom is 0.0340 e. The number of nitrogens with two attached hydrogens (primary N) is 1. The van der Waals surface area contributed by atoms with E-state index in [4.69, 9.17) is 5.73 Å². The van der Waals surface area contributed by atoms with Gasteiger partial charge in [-0.3, -0.25) is 0 Å². The Morgan fingerprint density at radius 2 is 1.82 bits per heavy atom. The van der Waals surface area contributed by atoms with Crippen LogP contribution in [0.15, 0.2) is 30.3 Å². The van der Waals surface area contributed by atoms with Gasteiger partial charge in [0, 0.05) is 18.8 Å². The lowest BCUT2D eigenvalue weighted by Crippen LogP contribution is -2.12. The van der Waals surface area contributed by atoms with Crippen LogP contribution in [0, 0.1) is 0 Å². The Balaban J connectivity index is 0.000001000. The van der Waals surface area contributed by atoms with Crippen molar-refractivity contribution in [3.05, 3.63) is 30.3 Å². The number of hydrogen-bond acceptors (Lipinski definition) is 2. The number of rotatable bonds is 3. The van der Waals surface area contributed by atoms with Gasteiger partial charge in [0.2, 0.25) is 0 Å². The zero-order chi connectivity index (χ0) is 7.23. The minimum absolute atomic E-state index is 0. The topological polar surface area (TPSA) is 38.0 Å². The van der Waals surface area contributed by atoms with Crippen LogP contribution in [0.3, 0.4) is 0 Å². The van der Waals surface area contributed by atoms with Gasteiger partial charge >= 0.3 is 0 Å². The first-order valence-electron chi connectivity index (χ1n) is 3.42. The molecule has 11 heavy (non-hydrogen) atoms. The molecule has 0 saturated carbocycles. The molecule has 0 saturated heterocycles. The molecular weight excluding hydrogens is 136 g/mol. The summed E-state index contributed by atoms with van der Waals surface area (Å²) < 4.78 is 0. The number of anilines is 1. The van der Waals surface area contributed by atoms with Crippen LogP contribution >= 0.6 is 0 Å². The van der Waals surface area contributed by atoms with Crippen molar-refractivity contribution in [2.75, 3.05) is 18.4 Å². The van der Waals surface area contributed by atoms with Crippen molar-refractivity contribution >= 4 is 5.69 Å². The van der Waals surface area contributed by atoms with Gasteiger partial charge in [-0.2, -0.15) is 0 Å². The maximum atomic E-state index is 5.31. The smallest absolute Gasteiger partial charge is 0.0340 e. The number of nitrogens with one attached hydrogen (secondary N) is 1. The highest BCUT2D eigenvalue weighted by atomic mass is 14.9. The van der Waals surface area contributed by atoms with Crippen molar-refractivity contribution < 1.29 is 0 Å². The van der Waals surface area contributed by atoms with Crippen LogP contribution in [-0.2, 0) is 0 Å². The van der Waals surface area contributed by atoms with Gasteiger partial charge in [0.05, 0.1) is 0 Å². The highest BCUT2D eigenvalue weighted by Crippen LogP contribution is 2.02. The molecule has 0 aliphatic heterocycles. The van der Waals surface area contributed by atoms with Gasteiger partial charge in [0.15, 0.2) is 0 Å². The molecule has 0 atom stereocenters. The third-order valence-electron chi connectivity index (χ3n) is 1.25. The van der Waals surface area contributed by atoms with Crippen LogP contribution < -0.4 is 11.1 Å². The van der Waals surface area contributed by atoms with E-state index in [1.807, 2.05) is 30.3 Å². The fourth-order valence-electron chi connectivity index (χ4n) is 0.773. The lowest BCUT2D eigenvalue weighted by molar-refractivity contribution is 1.02. The van der Waals surface area contributed by atoms with Crippen LogP contribution in [0.4, 0.5) is 5.69 Å². The first kappa shape index (κ1) is 9.98. The fraction of sp³-hybridized carbons (Fsp3) is 0.333. The summed E-state index contributed by atoms with van der Waals surface area (Å²) in [7, 11) is 0. The van der Waals surface area contributed by atoms with E-state index < -0.39 is 0 Å². The summed E-state index contributed by atoms with van der Waals surface area (Å²) in [5.74, 6) is 0. The number of para-hydroxylation sites is 1. The molecule has 0 amide bonds. The molecular formula is C9H16N2. The molecule has 0 aliphatic rings. The van der Waals surface area contributed by atoms with Crippen LogP contribution in [-0.4, -0.2) is 13.1 Å². The van der Waals surface area contributed by atoms with Crippen LogP contribution in [0.2, 0.25) is 0 Å². The molecule has 3 N–H and O–H groups in total. The monoisotopic (exact) mass is 152 g/mol. The molecule has 0 aromatic heterocycles. The van der Waals surface area contributed by atoms with Crippen molar-refractivity contribution in [3.8, 4) is 0 Å². The van der Waals surface area contributed by atoms with Gasteiger partial charge in [-0.15, -0.1) is 0 Å². The number of hydrogen-bond donors (Lipinski definition) is 2. The van der Waals surface area contributed by atoms with Crippen molar-refractivity contribution in [2.24, 2.45) is 5.73 Å². The average Bonchev–Trinajstić information content (AvgIpc) is 2.03. The third-order valence-corrected chi connectivity index (χ3v) is 1.25. The summed E-state index contributed by atoms with van der Waals surface area (Å²) >= 11 is 0. The van der Waals surface area contributed by atoms with Gasteiger partial charge < -0.3 is 11.1 Å². The molecule has 1 aromatic carbocycles. The standard InChI is InChI=1S/C8H12N2.CH4/c9-6-7-10-8-4-2-1-3-5-8;/h1-5,10H,6-7,9H2;1H4. The van der Waals surface area contributed by atoms with E-state index in [0.29, 0.717) is 6.54 Å². The first-order valence-corrected chi connectivity index (χ1v) is 3.42. The molecule has 0 radical (unpaired) electrons. The Morgan fingerprint density at radius 3 is 2.36 bits per heavy atom. The molecule has 0 fully saturated rings. The minimum atomic E-state index is 0. The van der Waals surface area contributed by atoms with E-state index in [-0.39, 0.29) is 7.43 Å². The molecule has 0 heterocycles. The predicted molar refractivity (Wildman–Crippen MR) is 50.7 cm³/mol. The highest BCUT2D eigenvalue weighted by Gasteiger charge is 1.84. The van der Waals surface area contributed by atoms with Gasteiger partial charge in [0.25, 0.3) is 0 Å². The van der Waals surface area contributed by atoms with Crippen LogP contribution in [0.5, 0.6) is 0 Å². The van der Waals surface area contributed by atoms with E-state index in [1.54, 1.807) is 0 Å². The van der Waals surface area contributed by atoms with E-state index >= 15 is 0 Å². The van der Waals surface area contributed by atoms with Crippen molar-refractivity contribution in [1.82, 2.24) is 0 Å². The second kappa shape index (κ2) is 5.74. The normalized spacial score (nSPS) is 8.45. The van der Waals surface area contributed by atoms with Gasteiger partial charge in [-0.1, -0.05) is 25.6 Å². The second-order valence-electron chi connectivity index (χ2n) is 2.08. The largest absolute Gasteiger partial charge is 0.384 e. The van der Waals surface area contributed by atoms with Crippen molar-refractivity contribution in [3.63, 3.8) is 0 Å². The summed E-state index contributed by atoms with van der Waals surface area (Å²) in [6.07, 6.45) is 0. The molecule has 62 valence electrons. The molecule has 2 nitrogen and oxygen atoms in total. The average molecular weight is 152 g/mol. The number of benzene rings is 1. The van der Waals surface area contributed by atoms with Gasteiger partial charge in [-0.05, 0) is 12.1 Å². The molecule has 2 heteroatoms. The van der Waals surface area contributed by atoms with E-state index in [9.17, 15) is 0 Å². The molecule has 1 rings (SSSR count). The minimum Gasteiger partial charge on any atom is -0.384 e. The summed E-state index contributed by atoms with van der Waals surface area (Å²) in [6.45, 7) is 1.51. The summed E-state index contributed by atoms with van der Waals surface area (Å²) in [6, 6.07) is 10.0. The SMILES string of the molecule is C.NCCNc1ccccc1. The molecule has 0 aliphatic carbocycles. The fourth-order valence-corrected chi connectivity index (χ4v) is 0.773. The van der Waals surface area contributed by atoms with Gasteiger partial charge in [-0.25, -0.2) is 0 Å². The Morgan fingerprint density at radius 1 is 1.18 bits per heavy atom. The van der Waals surface area contributed by atoms with Crippen LogP contribution in [0.1, 0.15) is 7.43 Å². The Bertz CT molecular complexity index is 172. The van der Waals surface area contributed by atoms with E-state index in [2.05, 4.69) is 5.32 Å². The molecule has 1 aromatic rings. The summed E-state index contributed by atoms with van der Waals surface area (Å²) in [5.41, 5.74) is 6.45. The zero-order valence-corrected chi connectivity index (χ0v) is 5.88. The second-order valence-corrected chi connectivity index (χ2v) is 2.08.